The van der Waals surface area contributed by atoms with Gasteiger partial charge in [-0.3, -0.25) is 4.79 Å². The molecular formula is C27H27N3O7S. The van der Waals surface area contributed by atoms with E-state index in [9.17, 15) is 19.8 Å². The Morgan fingerprint density at radius 2 is 1.55 bits per heavy atom. The Hall–Kier alpha value is -4.28. The summed E-state index contributed by atoms with van der Waals surface area (Å²) in [5, 5.41) is 35.3. The summed E-state index contributed by atoms with van der Waals surface area (Å²) in [4.78, 5) is 22.7. The Morgan fingerprint density at radius 1 is 1.00 bits per heavy atom. The van der Waals surface area contributed by atoms with Crippen LogP contribution in [0.3, 0.4) is 0 Å². The van der Waals surface area contributed by atoms with Crippen LogP contribution in [-0.4, -0.2) is 45.0 Å². The number of isothiocyanates is 1. The van der Waals surface area contributed by atoms with E-state index in [1.54, 1.807) is 29.4 Å². The quantitative estimate of drug-likeness (QED) is 0.121. The largest absolute Gasteiger partial charge is 0.508 e. The third-order valence-electron chi connectivity index (χ3n) is 5.97. The molecule has 0 saturated carbocycles. The molecule has 0 unspecified atom stereocenters. The number of thiocarbonyl (C=S) groups is 1. The predicted octanol–water partition coefficient (Wildman–Crippen LogP) is 3.86. The van der Waals surface area contributed by atoms with E-state index in [-0.39, 0.29) is 11.5 Å². The molecule has 0 saturated heterocycles. The molecule has 5 rings (SSSR count). The summed E-state index contributed by atoms with van der Waals surface area (Å²) >= 11 is 3.81. The molecule has 2 aliphatic heterocycles. The first kappa shape index (κ1) is 28.3. The van der Waals surface area contributed by atoms with Crippen LogP contribution < -0.4 is 16.2 Å². The predicted molar refractivity (Wildman–Crippen MR) is 142 cm³/mol. The average Bonchev–Trinajstić information content (AvgIpc) is 3.17. The number of aromatic hydroxyl groups is 2. The van der Waals surface area contributed by atoms with Gasteiger partial charge in [-0.2, -0.15) is 0 Å². The summed E-state index contributed by atoms with van der Waals surface area (Å²) in [5.74, 6) is -0.525. The number of rotatable bonds is 5. The Labute approximate surface area is 223 Å². The summed E-state index contributed by atoms with van der Waals surface area (Å²) < 4.78 is 11.8. The fourth-order valence-corrected chi connectivity index (χ4v) is 4.29. The molecule has 38 heavy (non-hydrogen) atoms. The standard InChI is InChI=1S/C20H12O5.C6H14N2O2.CHNS/c21-11-5-7-15-17(9-11)24-18-10-12(22)6-8-16(18)20(15)14-4-2-1-3-13(14)19(23)25-20;7-4-2-1-3-5(8)6(9)10;2-1-3/h1-10,21-22H;5H,1-4,7-8H2,(H,9,10);2H/t;5-;/m.0./s1. The third kappa shape index (κ3) is 5.66. The molecule has 0 bridgehead atoms. The molecule has 0 aromatic heterocycles. The van der Waals surface area contributed by atoms with Crippen LogP contribution in [0.5, 0.6) is 23.0 Å². The normalized spacial score (nSPS) is 14.0. The lowest BCUT2D eigenvalue weighted by molar-refractivity contribution is -0.138. The number of benzene rings is 3. The number of nitrogens with two attached hydrogens (primary N) is 2. The number of nitrogens with one attached hydrogen (secondary N) is 1. The lowest BCUT2D eigenvalue weighted by Gasteiger charge is -2.36. The molecule has 8 N–H and O–H groups in total. The number of phenolic OH excluding ortho intramolecular Hbond substituents is 2. The molecule has 0 radical (unpaired) electrons. The molecule has 10 nitrogen and oxygen atoms in total. The maximum atomic E-state index is 12.5. The molecule has 1 spiro atoms. The summed E-state index contributed by atoms with van der Waals surface area (Å²) in [7, 11) is 0. The number of hydrogen-bond donors (Lipinski definition) is 6. The van der Waals surface area contributed by atoms with Gasteiger partial charge in [0.05, 0.1) is 10.7 Å². The summed E-state index contributed by atoms with van der Waals surface area (Å²) in [6.07, 6.45) is 2.16. The zero-order valence-corrected chi connectivity index (χ0v) is 21.0. The molecule has 0 fully saturated rings. The molecule has 2 aliphatic rings. The summed E-state index contributed by atoms with van der Waals surface area (Å²) in [6.45, 7) is 0.604. The van der Waals surface area contributed by atoms with Gasteiger partial charge in [-0.25, -0.2) is 10.2 Å². The Balaban J connectivity index is 0.000000261. The first-order chi connectivity index (χ1) is 18.2. The fraction of sp³-hybridized carbons (Fsp3) is 0.222. The maximum absolute atomic E-state index is 12.5. The van der Waals surface area contributed by atoms with E-state index in [2.05, 4.69) is 12.2 Å². The van der Waals surface area contributed by atoms with Gasteiger partial charge in [0.2, 0.25) is 0 Å². The van der Waals surface area contributed by atoms with Gasteiger partial charge in [-0.15, -0.1) is 0 Å². The van der Waals surface area contributed by atoms with Gasteiger partial charge in [-0.05, 0) is 61.9 Å². The van der Waals surface area contributed by atoms with E-state index in [0.717, 1.165) is 12.8 Å². The van der Waals surface area contributed by atoms with E-state index in [4.69, 9.17) is 31.5 Å². The van der Waals surface area contributed by atoms with E-state index >= 15 is 0 Å². The van der Waals surface area contributed by atoms with Crippen molar-refractivity contribution in [2.45, 2.75) is 30.9 Å². The van der Waals surface area contributed by atoms with Crippen molar-refractivity contribution in [1.29, 1.82) is 5.41 Å². The smallest absolute Gasteiger partial charge is 0.340 e. The number of fused-ring (bicyclic) bond motifs is 6. The zero-order chi connectivity index (χ0) is 27.9. The second kappa shape index (κ2) is 12.3. The highest BCUT2D eigenvalue weighted by molar-refractivity contribution is 7.78. The van der Waals surface area contributed by atoms with Gasteiger partial charge in [0.15, 0.2) is 5.60 Å². The van der Waals surface area contributed by atoms with Gasteiger partial charge >= 0.3 is 11.9 Å². The lowest BCUT2D eigenvalue weighted by Crippen LogP contribution is -2.32. The number of hydrogen-bond acceptors (Lipinski definition) is 10. The number of phenols is 2. The summed E-state index contributed by atoms with van der Waals surface area (Å²) in [5.41, 5.74) is 11.7. The van der Waals surface area contributed by atoms with Crippen molar-refractivity contribution >= 4 is 29.3 Å². The molecule has 3 aromatic carbocycles. The SMILES string of the molecule is N=C=S.NCCCC[C@H](N)C(=O)O.O=C1OC2(c3ccc(O)cc3Oc3cc(O)ccc32)c2ccccc21. The molecule has 0 aliphatic carbocycles. The van der Waals surface area contributed by atoms with E-state index in [1.807, 2.05) is 12.1 Å². The zero-order valence-electron chi connectivity index (χ0n) is 20.2. The molecule has 2 heterocycles. The van der Waals surface area contributed by atoms with Crippen molar-refractivity contribution in [3.63, 3.8) is 0 Å². The number of carbonyl (C=O) groups is 2. The number of carboxylic acids is 1. The molecule has 0 amide bonds. The molecule has 1 atom stereocenters. The van der Waals surface area contributed by atoms with Crippen molar-refractivity contribution in [3.8, 4) is 23.0 Å². The highest BCUT2D eigenvalue weighted by Gasteiger charge is 2.53. The monoisotopic (exact) mass is 537 g/mol. The molecule has 198 valence electrons. The first-order valence-corrected chi connectivity index (χ1v) is 12.0. The maximum Gasteiger partial charge on any atom is 0.340 e. The highest BCUT2D eigenvalue weighted by atomic mass is 32.1. The van der Waals surface area contributed by atoms with Gasteiger partial charge in [-0.1, -0.05) is 24.6 Å². The minimum absolute atomic E-state index is 0.0371. The van der Waals surface area contributed by atoms with Gasteiger partial charge in [0.1, 0.15) is 29.0 Å². The van der Waals surface area contributed by atoms with Crippen molar-refractivity contribution in [2.24, 2.45) is 11.5 Å². The number of ether oxygens (including phenoxy) is 2. The summed E-state index contributed by atoms with van der Waals surface area (Å²) in [6, 6.07) is 15.9. The molecular weight excluding hydrogens is 510 g/mol. The molecule has 11 heteroatoms. The van der Waals surface area contributed by atoms with Crippen LogP contribution in [0, 0.1) is 5.41 Å². The Kier molecular flexibility index (Phi) is 9.16. The van der Waals surface area contributed by atoms with Crippen molar-refractivity contribution < 1.29 is 34.4 Å². The minimum Gasteiger partial charge on any atom is -0.508 e. The second-order valence-electron chi connectivity index (χ2n) is 8.41. The van der Waals surface area contributed by atoms with Gasteiger partial charge in [0.25, 0.3) is 0 Å². The Bertz CT molecular complexity index is 1320. The second-order valence-corrected chi connectivity index (χ2v) is 8.61. The van der Waals surface area contributed by atoms with Crippen molar-refractivity contribution in [3.05, 3.63) is 82.9 Å². The van der Waals surface area contributed by atoms with Gasteiger partial charge in [0, 0.05) is 28.8 Å². The van der Waals surface area contributed by atoms with Crippen LogP contribution in [0.25, 0.3) is 0 Å². The topological polar surface area (TPSA) is 189 Å². The van der Waals surface area contributed by atoms with Crippen LogP contribution in [0.1, 0.15) is 46.3 Å². The van der Waals surface area contributed by atoms with Crippen LogP contribution in [-0.2, 0) is 15.1 Å². The van der Waals surface area contributed by atoms with Crippen molar-refractivity contribution in [1.82, 2.24) is 0 Å². The Morgan fingerprint density at radius 3 is 2.08 bits per heavy atom. The third-order valence-corrected chi connectivity index (χ3v) is 5.97. The van der Waals surface area contributed by atoms with E-state index < -0.39 is 23.6 Å². The fourth-order valence-electron chi connectivity index (χ4n) is 4.29. The number of esters is 1. The van der Waals surface area contributed by atoms with Crippen LogP contribution in [0.15, 0.2) is 60.7 Å². The lowest BCUT2D eigenvalue weighted by atomic mass is 9.77. The van der Waals surface area contributed by atoms with E-state index in [0.29, 0.717) is 46.7 Å². The van der Waals surface area contributed by atoms with E-state index in [1.165, 1.54) is 24.3 Å². The van der Waals surface area contributed by atoms with Crippen LogP contribution >= 0.6 is 12.2 Å². The van der Waals surface area contributed by atoms with Gasteiger partial charge < -0.3 is 36.3 Å². The van der Waals surface area contributed by atoms with Crippen LogP contribution in [0.2, 0.25) is 0 Å². The van der Waals surface area contributed by atoms with Crippen molar-refractivity contribution in [2.75, 3.05) is 6.54 Å². The molecule has 3 aromatic rings. The number of unbranched alkanes of at least 4 members (excludes halogenated alkanes) is 1. The number of aliphatic carboxylic acids is 1. The first-order valence-electron chi connectivity index (χ1n) is 11.6. The average molecular weight is 538 g/mol. The number of carboxylic acid groups (broad SMARTS) is 1. The van der Waals surface area contributed by atoms with Crippen LogP contribution in [0.4, 0.5) is 0 Å². The highest BCUT2D eigenvalue weighted by Crippen LogP contribution is 2.56. The number of carbonyl (C=O) groups excluding carboxylic acids is 1. The minimum atomic E-state index is -1.17.